The third-order valence-electron chi connectivity index (χ3n) is 7.16. The summed E-state index contributed by atoms with van der Waals surface area (Å²) in [5, 5.41) is 18.0. The van der Waals surface area contributed by atoms with Gasteiger partial charge in [-0.15, -0.1) is 0 Å². The summed E-state index contributed by atoms with van der Waals surface area (Å²) in [6, 6.07) is 20.3. The zero-order chi connectivity index (χ0) is 24.1. The van der Waals surface area contributed by atoms with Gasteiger partial charge in [0.05, 0.1) is 24.9 Å². The molecule has 2 aliphatic rings. The number of hydrogen-bond donors (Lipinski definition) is 3. The van der Waals surface area contributed by atoms with Crippen LogP contribution in [0.1, 0.15) is 29.6 Å². The fourth-order valence-corrected chi connectivity index (χ4v) is 5.36. The highest BCUT2D eigenvalue weighted by atomic mass is 16.1. The lowest BCUT2D eigenvalue weighted by molar-refractivity contribution is 0.0958. The molecule has 1 atom stereocenters. The van der Waals surface area contributed by atoms with Crippen molar-refractivity contribution >= 4 is 23.2 Å². The van der Waals surface area contributed by atoms with Crippen molar-refractivity contribution in [2.75, 3.05) is 38.0 Å². The Kier molecular flexibility index (Phi) is 6.70. The summed E-state index contributed by atoms with van der Waals surface area (Å²) in [5.41, 5.74) is 4.50. The van der Waals surface area contributed by atoms with E-state index in [1.807, 2.05) is 24.3 Å². The molecule has 0 radical (unpaired) electrons. The van der Waals surface area contributed by atoms with Crippen molar-refractivity contribution in [1.82, 2.24) is 25.1 Å². The highest BCUT2D eigenvalue weighted by molar-refractivity contribution is 5.94. The van der Waals surface area contributed by atoms with Crippen LogP contribution in [0.3, 0.4) is 0 Å². The highest BCUT2D eigenvalue weighted by Gasteiger charge is 2.43. The molecule has 1 amide bonds. The van der Waals surface area contributed by atoms with Gasteiger partial charge in [-0.25, -0.2) is 9.97 Å². The first kappa shape index (κ1) is 23.0. The topological polar surface area (TPSA) is 103 Å². The van der Waals surface area contributed by atoms with Crippen LogP contribution in [0.4, 0.5) is 17.3 Å². The molecule has 1 unspecified atom stereocenters. The molecule has 3 aromatic rings. The first-order valence-corrected chi connectivity index (χ1v) is 12.2. The number of hydrogen-bond acceptors (Lipinski definition) is 6. The number of carbonyl (C=O) groups excluding carboxylic acids is 1. The number of carbonyl (C=O) groups is 1. The predicted octanol–water partition coefficient (Wildman–Crippen LogP) is 3.60. The summed E-state index contributed by atoms with van der Waals surface area (Å²) in [6.45, 7) is 4.66. The van der Waals surface area contributed by atoms with Gasteiger partial charge in [-0.05, 0) is 30.3 Å². The Morgan fingerprint density at radius 3 is 2.54 bits per heavy atom. The van der Waals surface area contributed by atoms with E-state index in [1.54, 1.807) is 18.3 Å². The zero-order valence-corrected chi connectivity index (χ0v) is 19.7. The smallest absolute Gasteiger partial charge is 0.252 e. The molecule has 2 fully saturated rings. The number of amides is 1. The lowest BCUT2D eigenvalue weighted by Crippen LogP contribution is -2.55. The maximum atomic E-state index is 12.0. The van der Waals surface area contributed by atoms with Crippen molar-refractivity contribution in [1.29, 1.82) is 5.26 Å². The summed E-state index contributed by atoms with van der Waals surface area (Å²) in [7, 11) is 0. The van der Waals surface area contributed by atoms with E-state index in [-0.39, 0.29) is 12.5 Å². The normalized spacial score (nSPS) is 18.7. The molecule has 8 nitrogen and oxygen atoms in total. The van der Waals surface area contributed by atoms with Crippen molar-refractivity contribution in [2.45, 2.75) is 25.3 Å². The van der Waals surface area contributed by atoms with Crippen molar-refractivity contribution < 1.29 is 4.79 Å². The maximum Gasteiger partial charge on any atom is 0.252 e. The summed E-state index contributed by atoms with van der Waals surface area (Å²) >= 11 is 0. The van der Waals surface area contributed by atoms with E-state index >= 15 is 0 Å². The molecular formula is C27H30N7O+. The Bertz CT molecular complexity index is 1210. The van der Waals surface area contributed by atoms with Crippen LogP contribution in [0.2, 0.25) is 0 Å². The van der Waals surface area contributed by atoms with E-state index in [0.29, 0.717) is 17.6 Å². The SMILES string of the molecule is N#CCNC(=O)c1ccc(-c2ccnc(Nc3ccc([N+]4(C5CCNC5)CCCC4)cc3)n2)cc1. The van der Waals surface area contributed by atoms with Gasteiger partial charge in [-0.3, -0.25) is 9.28 Å². The molecule has 0 saturated carbocycles. The summed E-state index contributed by atoms with van der Waals surface area (Å²) in [6.07, 6.45) is 5.56. The number of rotatable bonds is 7. The van der Waals surface area contributed by atoms with Gasteiger partial charge < -0.3 is 16.0 Å². The molecule has 0 bridgehead atoms. The fraction of sp³-hybridized carbons (Fsp3) is 0.333. The van der Waals surface area contributed by atoms with Gasteiger partial charge in [-0.1, -0.05) is 12.1 Å². The largest absolute Gasteiger partial charge is 0.339 e. The Labute approximate surface area is 205 Å². The van der Waals surface area contributed by atoms with Gasteiger partial charge in [0.15, 0.2) is 0 Å². The Morgan fingerprint density at radius 2 is 1.86 bits per heavy atom. The van der Waals surface area contributed by atoms with Crippen molar-refractivity contribution in [3.63, 3.8) is 0 Å². The van der Waals surface area contributed by atoms with Crippen LogP contribution in [-0.4, -0.2) is 54.6 Å². The van der Waals surface area contributed by atoms with Crippen LogP contribution in [0.5, 0.6) is 0 Å². The predicted molar refractivity (Wildman–Crippen MR) is 137 cm³/mol. The molecule has 35 heavy (non-hydrogen) atoms. The monoisotopic (exact) mass is 468 g/mol. The van der Waals surface area contributed by atoms with Crippen LogP contribution in [0.25, 0.3) is 11.3 Å². The zero-order valence-electron chi connectivity index (χ0n) is 19.7. The molecule has 3 heterocycles. The second kappa shape index (κ2) is 10.2. The molecule has 2 saturated heterocycles. The summed E-state index contributed by atoms with van der Waals surface area (Å²) < 4.78 is 1.10. The molecule has 0 aliphatic carbocycles. The minimum atomic E-state index is -0.270. The van der Waals surface area contributed by atoms with Crippen LogP contribution in [-0.2, 0) is 0 Å². The molecule has 0 spiro atoms. The van der Waals surface area contributed by atoms with Gasteiger partial charge in [0.2, 0.25) is 5.95 Å². The number of nitriles is 1. The van der Waals surface area contributed by atoms with E-state index in [9.17, 15) is 4.79 Å². The first-order valence-electron chi connectivity index (χ1n) is 12.2. The van der Waals surface area contributed by atoms with E-state index in [4.69, 9.17) is 5.26 Å². The summed E-state index contributed by atoms with van der Waals surface area (Å²) in [4.78, 5) is 21.1. The molecule has 8 heteroatoms. The fourth-order valence-electron chi connectivity index (χ4n) is 5.36. The number of nitrogens with one attached hydrogen (secondary N) is 3. The van der Waals surface area contributed by atoms with E-state index in [1.165, 1.54) is 38.0 Å². The average Bonchev–Trinajstić information content (AvgIpc) is 3.61. The van der Waals surface area contributed by atoms with Crippen molar-refractivity contribution in [3.05, 3.63) is 66.4 Å². The van der Waals surface area contributed by atoms with Gasteiger partial charge in [0.25, 0.3) is 5.91 Å². The lowest BCUT2D eigenvalue weighted by atomic mass is 10.1. The Morgan fingerprint density at radius 1 is 1.09 bits per heavy atom. The van der Waals surface area contributed by atoms with E-state index in [0.717, 1.165) is 34.5 Å². The van der Waals surface area contributed by atoms with E-state index in [2.05, 4.69) is 50.2 Å². The Balaban J connectivity index is 1.29. The molecular weight excluding hydrogens is 438 g/mol. The second-order valence-corrected chi connectivity index (χ2v) is 9.19. The number of benzene rings is 2. The maximum absolute atomic E-state index is 12.0. The number of aromatic nitrogens is 2. The van der Waals surface area contributed by atoms with Crippen molar-refractivity contribution in [3.8, 4) is 17.3 Å². The molecule has 178 valence electrons. The molecule has 2 aromatic carbocycles. The number of likely N-dealkylation sites (tertiary alicyclic amines) is 1. The van der Waals surface area contributed by atoms with Gasteiger partial charge in [0, 0.05) is 67.5 Å². The first-order chi connectivity index (χ1) is 17.2. The van der Waals surface area contributed by atoms with Crippen LogP contribution < -0.4 is 20.4 Å². The van der Waals surface area contributed by atoms with Crippen molar-refractivity contribution in [2.24, 2.45) is 0 Å². The number of anilines is 2. The quantitative estimate of drug-likeness (QED) is 0.362. The molecule has 2 aliphatic heterocycles. The average molecular weight is 469 g/mol. The Hall–Kier alpha value is -3.80. The number of quaternary nitrogens is 1. The third-order valence-corrected chi connectivity index (χ3v) is 7.16. The molecule has 1 aromatic heterocycles. The highest BCUT2D eigenvalue weighted by Crippen LogP contribution is 2.35. The minimum Gasteiger partial charge on any atom is -0.339 e. The van der Waals surface area contributed by atoms with Gasteiger partial charge in [0.1, 0.15) is 18.3 Å². The van der Waals surface area contributed by atoms with Crippen LogP contribution >= 0.6 is 0 Å². The molecule has 5 rings (SSSR count). The second-order valence-electron chi connectivity index (χ2n) is 9.19. The van der Waals surface area contributed by atoms with E-state index < -0.39 is 0 Å². The standard InChI is InChI=1S/C27H29N7O/c28-13-16-30-26(35)21-5-3-20(4-6-21)25-12-15-31-27(33-25)32-22-7-9-23(10-8-22)34(17-1-2-18-34)24-11-14-29-19-24/h3-10,12,15,24,29H,1-2,11,14,16-19H2,(H-,30,31,32,33,35)/p+1. The minimum absolute atomic E-state index is 0.0136. The number of nitrogens with zero attached hydrogens (tertiary/aromatic N) is 4. The summed E-state index contributed by atoms with van der Waals surface area (Å²) in [5.74, 6) is 0.255. The van der Waals surface area contributed by atoms with Gasteiger partial charge >= 0.3 is 0 Å². The van der Waals surface area contributed by atoms with Crippen LogP contribution in [0.15, 0.2) is 60.8 Å². The van der Waals surface area contributed by atoms with Crippen LogP contribution in [0, 0.1) is 11.3 Å². The third kappa shape index (κ3) is 4.87. The molecule has 3 N–H and O–H groups in total. The van der Waals surface area contributed by atoms with Gasteiger partial charge in [-0.2, -0.15) is 5.26 Å². The lowest BCUT2D eigenvalue weighted by Gasteiger charge is -2.39.